The van der Waals surface area contributed by atoms with Crippen molar-refractivity contribution in [1.82, 2.24) is 5.06 Å². The van der Waals surface area contributed by atoms with Crippen LogP contribution < -0.4 is 4.84 Å². The number of carbonyl (C=O) groups excluding carboxylic acids is 2. The second-order valence-electron chi connectivity index (χ2n) is 5.81. The highest BCUT2D eigenvalue weighted by atomic mass is 35.5. The summed E-state index contributed by atoms with van der Waals surface area (Å²) in [6.07, 6.45) is 0.0975. The summed E-state index contributed by atoms with van der Waals surface area (Å²) in [5, 5.41) is 1.30. The van der Waals surface area contributed by atoms with E-state index in [-0.39, 0.29) is 10.6 Å². The van der Waals surface area contributed by atoms with Crippen LogP contribution in [0.3, 0.4) is 0 Å². The molecule has 0 N–H and O–H groups in total. The van der Waals surface area contributed by atoms with Gasteiger partial charge in [0.2, 0.25) is 0 Å². The van der Waals surface area contributed by atoms with Crippen molar-refractivity contribution in [3.8, 4) is 5.75 Å². The molecule has 0 fully saturated rings. The van der Waals surface area contributed by atoms with Gasteiger partial charge in [-0.2, -0.15) is 0 Å². The Bertz CT molecular complexity index is 568. The van der Waals surface area contributed by atoms with E-state index in [9.17, 15) is 9.59 Å². The van der Waals surface area contributed by atoms with Crippen LogP contribution in [-0.2, 0) is 9.47 Å². The molecule has 128 valence electrons. The second-order valence-corrected chi connectivity index (χ2v) is 6.21. The third-order valence-electron chi connectivity index (χ3n) is 2.59. The van der Waals surface area contributed by atoms with Crippen LogP contribution in [-0.4, -0.2) is 36.4 Å². The lowest BCUT2D eigenvalue weighted by molar-refractivity contribution is -0.0722. The SMILES string of the molecule is CCCN(Oc1ccc(C(=O)OC)c(Cl)c1)C(=O)OC(C)(C)C. The van der Waals surface area contributed by atoms with E-state index < -0.39 is 17.7 Å². The average Bonchev–Trinajstić information content (AvgIpc) is 2.44. The van der Waals surface area contributed by atoms with E-state index in [1.54, 1.807) is 20.8 Å². The van der Waals surface area contributed by atoms with Crippen LogP contribution >= 0.6 is 11.6 Å². The number of esters is 1. The van der Waals surface area contributed by atoms with Crippen LogP contribution in [0.5, 0.6) is 5.75 Å². The molecule has 23 heavy (non-hydrogen) atoms. The van der Waals surface area contributed by atoms with E-state index >= 15 is 0 Å². The molecule has 0 saturated carbocycles. The number of amides is 1. The van der Waals surface area contributed by atoms with Gasteiger partial charge in [0, 0.05) is 6.07 Å². The van der Waals surface area contributed by atoms with Crippen LogP contribution in [0.25, 0.3) is 0 Å². The van der Waals surface area contributed by atoms with Crippen molar-refractivity contribution in [2.45, 2.75) is 39.7 Å². The standard InChI is InChI=1S/C16H22ClNO5/c1-6-9-18(15(20)22-16(2,3)4)23-11-7-8-12(13(17)10-11)14(19)21-5/h7-8,10H,6,9H2,1-5H3. The Morgan fingerprint density at radius 3 is 2.39 bits per heavy atom. The van der Waals surface area contributed by atoms with Gasteiger partial charge in [0.25, 0.3) is 0 Å². The molecule has 7 heteroatoms. The van der Waals surface area contributed by atoms with E-state index in [0.29, 0.717) is 18.7 Å². The maximum absolute atomic E-state index is 12.1. The van der Waals surface area contributed by atoms with Gasteiger partial charge in [0.1, 0.15) is 5.60 Å². The van der Waals surface area contributed by atoms with Crippen molar-refractivity contribution in [3.63, 3.8) is 0 Å². The number of hydrogen-bond donors (Lipinski definition) is 0. The fraction of sp³-hybridized carbons (Fsp3) is 0.500. The normalized spacial score (nSPS) is 10.9. The van der Waals surface area contributed by atoms with Crippen molar-refractivity contribution in [2.75, 3.05) is 13.7 Å². The zero-order valence-electron chi connectivity index (χ0n) is 14.0. The molecule has 0 heterocycles. The van der Waals surface area contributed by atoms with Crippen molar-refractivity contribution in [3.05, 3.63) is 28.8 Å². The third-order valence-corrected chi connectivity index (χ3v) is 2.90. The van der Waals surface area contributed by atoms with Gasteiger partial charge < -0.3 is 14.3 Å². The first-order valence-electron chi connectivity index (χ1n) is 7.24. The summed E-state index contributed by atoms with van der Waals surface area (Å²) >= 11 is 6.03. The number of hydroxylamine groups is 2. The minimum Gasteiger partial charge on any atom is -0.465 e. The van der Waals surface area contributed by atoms with Crippen molar-refractivity contribution >= 4 is 23.7 Å². The summed E-state index contributed by atoms with van der Waals surface area (Å²) in [6.45, 7) is 7.59. The summed E-state index contributed by atoms with van der Waals surface area (Å²) in [4.78, 5) is 29.2. The number of hydrogen-bond acceptors (Lipinski definition) is 5. The van der Waals surface area contributed by atoms with E-state index in [4.69, 9.17) is 21.2 Å². The first-order valence-corrected chi connectivity index (χ1v) is 7.62. The van der Waals surface area contributed by atoms with Crippen LogP contribution in [0, 0.1) is 0 Å². The number of carbonyl (C=O) groups is 2. The molecule has 0 atom stereocenters. The molecule has 1 aromatic carbocycles. The quantitative estimate of drug-likeness (QED) is 0.595. The van der Waals surface area contributed by atoms with Gasteiger partial charge in [-0.25, -0.2) is 9.59 Å². The third kappa shape index (κ3) is 5.98. The Kier molecular flexibility index (Phi) is 6.69. The van der Waals surface area contributed by atoms with E-state index in [1.165, 1.54) is 25.3 Å². The molecule has 0 aliphatic rings. The Hall–Kier alpha value is -1.95. The molecule has 6 nitrogen and oxygen atoms in total. The zero-order chi connectivity index (χ0) is 17.6. The van der Waals surface area contributed by atoms with Gasteiger partial charge in [-0.05, 0) is 39.3 Å². The molecule has 1 aromatic rings. The molecule has 0 unspecified atom stereocenters. The number of rotatable bonds is 5. The molecule has 0 radical (unpaired) electrons. The maximum Gasteiger partial charge on any atom is 0.443 e. The molecule has 0 aliphatic heterocycles. The van der Waals surface area contributed by atoms with Gasteiger partial charge in [0.15, 0.2) is 5.75 Å². The lowest BCUT2D eigenvalue weighted by Crippen LogP contribution is -2.39. The maximum atomic E-state index is 12.1. The van der Waals surface area contributed by atoms with E-state index in [0.717, 1.165) is 5.06 Å². The van der Waals surface area contributed by atoms with Gasteiger partial charge in [-0.1, -0.05) is 18.5 Å². The molecule has 1 rings (SSSR count). The number of methoxy groups -OCH3 is 1. The van der Waals surface area contributed by atoms with Crippen molar-refractivity contribution in [1.29, 1.82) is 0 Å². The molecule has 0 spiro atoms. The van der Waals surface area contributed by atoms with Crippen LogP contribution in [0.4, 0.5) is 4.79 Å². The molecule has 1 amide bonds. The largest absolute Gasteiger partial charge is 0.465 e. The van der Waals surface area contributed by atoms with Crippen LogP contribution in [0.15, 0.2) is 18.2 Å². The van der Waals surface area contributed by atoms with Crippen molar-refractivity contribution < 1.29 is 23.9 Å². The number of halogens is 1. The topological polar surface area (TPSA) is 65.1 Å². The fourth-order valence-corrected chi connectivity index (χ4v) is 1.89. The zero-order valence-corrected chi connectivity index (χ0v) is 14.8. The second kappa shape index (κ2) is 8.06. The van der Waals surface area contributed by atoms with E-state index in [1.807, 2.05) is 6.92 Å². The molecule has 0 saturated heterocycles. The average molecular weight is 344 g/mol. The van der Waals surface area contributed by atoms with Gasteiger partial charge >= 0.3 is 12.1 Å². The smallest absolute Gasteiger partial charge is 0.443 e. The minimum atomic E-state index is -0.626. The first-order chi connectivity index (χ1) is 10.7. The number of nitrogens with zero attached hydrogens (tertiary/aromatic N) is 1. The summed E-state index contributed by atoms with van der Waals surface area (Å²) in [5.74, 6) is -0.221. The first kappa shape index (κ1) is 19.1. The predicted octanol–water partition coefficient (Wildman–Crippen LogP) is 4.07. The summed E-state index contributed by atoms with van der Waals surface area (Å²) < 4.78 is 9.91. The highest BCUT2D eigenvalue weighted by Gasteiger charge is 2.23. The molecular formula is C16H22ClNO5. The molecule has 0 bridgehead atoms. The molecular weight excluding hydrogens is 322 g/mol. The van der Waals surface area contributed by atoms with Crippen molar-refractivity contribution in [2.24, 2.45) is 0 Å². The van der Waals surface area contributed by atoms with Crippen LogP contribution in [0.2, 0.25) is 5.02 Å². The molecule has 0 aliphatic carbocycles. The Morgan fingerprint density at radius 1 is 1.26 bits per heavy atom. The summed E-state index contributed by atoms with van der Waals surface area (Å²) in [6, 6.07) is 4.45. The Morgan fingerprint density at radius 2 is 1.91 bits per heavy atom. The number of ether oxygens (including phenoxy) is 2. The Balaban J connectivity index is 2.90. The fourth-order valence-electron chi connectivity index (χ4n) is 1.65. The monoisotopic (exact) mass is 343 g/mol. The summed E-state index contributed by atoms with van der Waals surface area (Å²) in [7, 11) is 1.27. The summed E-state index contributed by atoms with van der Waals surface area (Å²) in [5.41, 5.74) is -0.403. The minimum absolute atomic E-state index is 0.176. The lowest BCUT2D eigenvalue weighted by atomic mass is 10.2. The highest BCUT2D eigenvalue weighted by Crippen LogP contribution is 2.24. The highest BCUT2D eigenvalue weighted by molar-refractivity contribution is 6.33. The molecule has 0 aromatic heterocycles. The van der Waals surface area contributed by atoms with Gasteiger partial charge in [-0.3, -0.25) is 0 Å². The van der Waals surface area contributed by atoms with Crippen LogP contribution in [0.1, 0.15) is 44.5 Å². The lowest BCUT2D eigenvalue weighted by Gasteiger charge is -2.26. The number of benzene rings is 1. The Labute approximate surface area is 141 Å². The van der Waals surface area contributed by atoms with Gasteiger partial charge in [-0.15, -0.1) is 5.06 Å². The van der Waals surface area contributed by atoms with E-state index in [2.05, 4.69) is 4.74 Å². The van der Waals surface area contributed by atoms with Gasteiger partial charge in [0.05, 0.1) is 24.2 Å². The predicted molar refractivity (Wildman–Crippen MR) is 86.7 cm³/mol.